The molecule has 3 amide bonds. The molecule has 0 aromatic heterocycles. The molecule has 0 saturated heterocycles. The Bertz CT molecular complexity index is 545. The van der Waals surface area contributed by atoms with Crippen LogP contribution in [0.3, 0.4) is 0 Å². The van der Waals surface area contributed by atoms with Gasteiger partial charge < -0.3 is 14.8 Å². The minimum absolute atomic E-state index is 0.332. The summed E-state index contributed by atoms with van der Waals surface area (Å²) in [6.07, 6.45) is 2.49. The van der Waals surface area contributed by atoms with E-state index in [1.54, 1.807) is 19.1 Å². The van der Waals surface area contributed by atoms with Crippen LogP contribution in [0, 0.1) is 0 Å². The number of amides is 3. The second-order valence-electron chi connectivity index (χ2n) is 4.70. The molecule has 126 valence electrons. The SMILES string of the molecule is CCCCNC(=O)NC(=O)COc1ccc(C=O)cc1OCC. The Morgan fingerprint density at radius 3 is 2.61 bits per heavy atom. The van der Waals surface area contributed by atoms with Crippen LogP contribution in [0.15, 0.2) is 18.2 Å². The highest BCUT2D eigenvalue weighted by Crippen LogP contribution is 2.27. The summed E-state index contributed by atoms with van der Waals surface area (Å²) in [5.74, 6) is 0.136. The zero-order chi connectivity index (χ0) is 17.1. The third kappa shape index (κ3) is 6.82. The zero-order valence-corrected chi connectivity index (χ0v) is 13.4. The Kier molecular flexibility index (Phi) is 8.20. The second kappa shape index (κ2) is 10.2. The van der Waals surface area contributed by atoms with Gasteiger partial charge in [0.25, 0.3) is 5.91 Å². The average Bonchev–Trinajstić information content (AvgIpc) is 2.54. The fourth-order valence-corrected chi connectivity index (χ4v) is 1.71. The molecule has 0 aliphatic rings. The monoisotopic (exact) mass is 322 g/mol. The first-order chi connectivity index (χ1) is 11.1. The molecule has 0 heterocycles. The van der Waals surface area contributed by atoms with E-state index in [0.717, 1.165) is 12.8 Å². The third-order valence-corrected chi connectivity index (χ3v) is 2.83. The number of carbonyl (C=O) groups is 3. The van der Waals surface area contributed by atoms with Crippen LogP contribution in [0.2, 0.25) is 0 Å². The van der Waals surface area contributed by atoms with Crippen LogP contribution in [0.25, 0.3) is 0 Å². The van der Waals surface area contributed by atoms with E-state index < -0.39 is 11.9 Å². The molecule has 1 aromatic rings. The Hall–Kier alpha value is -2.57. The standard InChI is InChI=1S/C16H22N2O5/c1-3-5-8-17-16(21)18-15(20)11-23-13-7-6-12(10-19)9-14(13)22-4-2/h6-7,9-10H,3-5,8,11H2,1-2H3,(H2,17,18,20,21). The molecular weight excluding hydrogens is 300 g/mol. The van der Waals surface area contributed by atoms with Crippen molar-refractivity contribution in [1.82, 2.24) is 10.6 Å². The molecule has 0 atom stereocenters. The van der Waals surface area contributed by atoms with Crippen molar-refractivity contribution in [1.29, 1.82) is 0 Å². The molecule has 0 fully saturated rings. The molecule has 0 aliphatic carbocycles. The van der Waals surface area contributed by atoms with Crippen LogP contribution < -0.4 is 20.1 Å². The van der Waals surface area contributed by atoms with Crippen molar-refractivity contribution in [2.75, 3.05) is 19.8 Å². The lowest BCUT2D eigenvalue weighted by Crippen LogP contribution is -2.41. The summed E-state index contributed by atoms with van der Waals surface area (Å²) in [4.78, 5) is 33.9. The van der Waals surface area contributed by atoms with Gasteiger partial charge in [0.05, 0.1) is 6.61 Å². The minimum Gasteiger partial charge on any atom is -0.490 e. The highest BCUT2D eigenvalue weighted by molar-refractivity contribution is 5.95. The number of ether oxygens (including phenoxy) is 2. The summed E-state index contributed by atoms with van der Waals surface area (Å²) in [6.45, 7) is 4.37. The smallest absolute Gasteiger partial charge is 0.321 e. The first-order valence-corrected chi connectivity index (χ1v) is 7.53. The normalized spacial score (nSPS) is 9.83. The van der Waals surface area contributed by atoms with E-state index in [0.29, 0.717) is 36.5 Å². The van der Waals surface area contributed by atoms with Crippen LogP contribution in [0.4, 0.5) is 4.79 Å². The molecule has 0 spiro atoms. The molecule has 2 N–H and O–H groups in total. The van der Waals surface area contributed by atoms with E-state index >= 15 is 0 Å². The van der Waals surface area contributed by atoms with Crippen LogP contribution in [0.5, 0.6) is 11.5 Å². The highest BCUT2D eigenvalue weighted by atomic mass is 16.5. The van der Waals surface area contributed by atoms with E-state index in [9.17, 15) is 14.4 Å². The Labute approximate surface area is 135 Å². The summed E-state index contributed by atoms with van der Waals surface area (Å²) in [5.41, 5.74) is 0.445. The van der Waals surface area contributed by atoms with Gasteiger partial charge in [0.15, 0.2) is 18.1 Å². The Morgan fingerprint density at radius 1 is 1.17 bits per heavy atom. The van der Waals surface area contributed by atoms with Gasteiger partial charge in [0.1, 0.15) is 6.29 Å². The van der Waals surface area contributed by atoms with Crippen molar-refractivity contribution in [3.05, 3.63) is 23.8 Å². The summed E-state index contributed by atoms with van der Waals surface area (Å²) >= 11 is 0. The average molecular weight is 322 g/mol. The topological polar surface area (TPSA) is 93.7 Å². The first kappa shape index (κ1) is 18.5. The molecule has 23 heavy (non-hydrogen) atoms. The molecule has 0 bridgehead atoms. The van der Waals surface area contributed by atoms with Gasteiger partial charge in [-0.05, 0) is 31.5 Å². The number of nitrogens with one attached hydrogen (secondary N) is 2. The summed E-state index contributed by atoms with van der Waals surface area (Å²) in [6, 6.07) is 4.08. The molecule has 7 heteroatoms. The number of imide groups is 1. The number of benzene rings is 1. The Morgan fingerprint density at radius 2 is 1.96 bits per heavy atom. The summed E-state index contributed by atoms with van der Waals surface area (Å²) in [7, 11) is 0. The quantitative estimate of drug-likeness (QED) is 0.535. The number of hydrogen-bond donors (Lipinski definition) is 2. The minimum atomic E-state index is -0.569. The van der Waals surface area contributed by atoms with Gasteiger partial charge in [0, 0.05) is 12.1 Å². The lowest BCUT2D eigenvalue weighted by Gasteiger charge is -2.12. The van der Waals surface area contributed by atoms with E-state index in [2.05, 4.69) is 10.6 Å². The molecule has 0 saturated carbocycles. The van der Waals surface area contributed by atoms with E-state index in [1.807, 2.05) is 6.92 Å². The van der Waals surface area contributed by atoms with Crippen LogP contribution in [0.1, 0.15) is 37.0 Å². The van der Waals surface area contributed by atoms with Gasteiger partial charge >= 0.3 is 6.03 Å². The maximum Gasteiger partial charge on any atom is 0.321 e. The van der Waals surface area contributed by atoms with Gasteiger partial charge in [-0.1, -0.05) is 13.3 Å². The van der Waals surface area contributed by atoms with Crippen LogP contribution in [-0.2, 0) is 4.79 Å². The number of hydrogen-bond acceptors (Lipinski definition) is 5. The van der Waals surface area contributed by atoms with Crippen molar-refractivity contribution in [2.45, 2.75) is 26.7 Å². The predicted octanol–water partition coefficient (Wildman–Crippen LogP) is 1.90. The summed E-state index contributed by atoms with van der Waals surface area (Å²) in [5, 5.41) is 4.74. The van der Waals surface area contributed by atoms with Gasteiger partial charge in [-0.15, -0.1) is 0 Å². The molecule has 0 unspecified atom stereocenters. The van der Waals surface area contributed by atoms with E-state index in [-0.39, 0.29) is 6.61 Å². The molecule has 0 aliphatic heterocycles. The maximum atomic E-state index is 11.7. The number of carbonyl (C=O) groups excluding carboxylic acids is 3. The van der Waals surface area contributed by atoms with Crippen LogP contribution >= 0.6 is 0 Å². The number of urea groups is 1. The van der Waals surface area contributed by atoms with Gasteiger partial charge in [-0.2, -0.15) is 0 Å². The number of aldehydes is 1. The Balaban J connectivity index is 2.51. The largest absolute Gasteiger partial charge is 0.490 e. The van der Waals surface area contributed by atoms with Gasteiger partial charge in [0.2, 0.25) is 0 Å². The number of rotatable bonds is 9. The fraction of sp³-hybridized carbons (Fsp3) is 0.438. The first-order valence-electron chi connectivity index (χ1n) is 7.53. The molecule has 7 nitrogen and oxygen atoms in total. The molecule has 1 aromatic carbocycles. The third-order valence-electron chi connectivity index (χ3n) is 2.83. The van der Waals surface area contributed by atoms with Crippen molar-refractivity contribution in [2.24, 2.45) is 0 Å². The van der Waals surface area contributed by atoms with Gasteiger partial charge in [-0.25, -0.2) is 4.79 Å². The van der Waals surface area contributed by atoms with Crippen LogP contribution in [-0.4, -0.2) is 38.0 Å². The molecule has 0 radical (unpaired) electrons. The van der Waals surface area contributed by atoms with Crippen molar-refractivity contribution in [3.8, 4) is 11.5 Å². The zero-order valence-electron chi connectivity index (χ0n) is 13.4. The lowest BCUT2D eigenvalue weighted by molar-refractivity contribution is -0.122. The maximum absolute atomic E-state index is 11.7. The van der Waals surface area contributed by atoms with Crippen molar-refractivity contribution in [3.63, 3.8) is 0 Å². The summed E-state index contributed by atoms with van der Waals surface area (Å²) < 4.78 is 10.7. The van der Waals surface area contributed by atoms with Crippen molar-refractivity contribution >= 4 is 18.2 Å². The van der Waals surface area contributed by atoms with E-state index in [1.165, 1.54) is 6.07 Å². The number of unbranched alkanes of at least 4 members (excludes halogenated alkanes) is 1. The van der Waals surface area contributed by atoms with Gasteiger partial charge in [-0.3, -0.25) is 14.9 Å². The van der Waals surface area contributed by atoms with E-state index in [4.69, 9.17) is 9.47 Å². The highest BCUT2D eigenvalue weighted by Gasteiger charge is 2.11. The van der Waals surface area contributed by atoms with Crippen molar-refractivity contribution < 1.29 is 23.9 Å². The molecular formula is C16H22N2O5. The second-order valence-corrected chi connectivity index (χ2v) is 4.70. The predicted molar refractivity (Wildman–Crippen MR) is 84.9 cm³/mol. The lowest BCUT2D eigenvalue weighted by atomic mass is 10.2. The fourth-order valence-electron chi connectivity index (χ4n) is 1.71. The molecule has 1 rings (SSSR count).